The molecule has 0 unspecified atom stereocenters. The van der Waals surface area contributed by atoms with E-state index in [0.29, 0.717) is 19.3 Å². The molecule has 0 amide bonds. The van der Waals surface area contributed by atoms with Crippen molar-refractivity contribution in [2.24, 2.45) is 4.99 Å². The first-order valence-electron chi connectivity index (χ1n) is 9.56. The van der Waals surface area contributed by atoms with Gasteiger partial charge in [0.2, 0.25) is 0 Å². The molecule has 1 aromatic carbocycles. The van der Waals surface area contributed by atoms with Gasteiger partial charge in [0.1, 0.15) is 12.4 Å². The lowest BCUT2D eigenvalue weighted by molar-refractivity contribution is 0.0263. The van der Waals surface area contributed by atoms with Gasteiger partial charge in [0.15, 0.2) is 5.96 Å². The number of guanidine groups is 1. The molecule has 6 nitrogen and oxygen atoms in total. The Hall–Kier alpha value is -1.79. The number of nitrogens with zero attached hydrogens (tertiary/aromatic N) is 3. The Kier molecular flexibility index (Phi) is 8.71. The van der Waals surface area contributed by atoms with Gasteiger partial charge in [0, 0.05) is 45.4 Å². The zero-order valence-electron chi connectivity index (χ0n) is 16.7. The van der Waals surface area contributed by atoms with Crippen LogP contribution in [0.25, 0.3) is 0 Å². The molecule has 0 saturated carbocycles. The number of likely N-dealkylation sites (N-methyl/N-ethyl adjacent to an activating group) is 1. The van der Waals surface area contributed by atoms with E-state index in [1.54, 1.807) is 0 Å². The molecular formula is C20H34N4O2. The van der Waals surface area contributed by atoms with Crippen LogP contribution in [0.2, 0.25) is 0 Å². The molecule has 1 heterocycles. The molecule has 0 atom stereocenters. The van der Waals surface area contributed by atoms with Crippen LogP contribution < -0.4 is 10.1 Å². The summed E-state index contributed by atoms with van der Waals surface area (Å²) in [5.74, 6) is 1.88. The van der Waals surface area contributed by atoms with Crippen LogP contribution in [0, 0.1) is 0 Å². The van der Waals surface area contributed by atoms with E-state index in [2.05, 4.69) is 47.2 Å². The lowest BCUT2D eigenvalue weighted by Gasteiger charge is -2.34. The maximum absolute atomic E-state index is 5.95. The fourth-order valence-corrected chi connectivity index (χ4v) is 3.11. The summed E-state index contributed by atoms with van der Waals surface area (Å²) in [5, 5.41) is 3.49. The third kappa shape index (κ3) is 6.50. The lowest BCUT2D eigenvalue weighted by Crippen LogP contribution is -2.46. The summed E-state index contributed by atoms with van der Waals surface area (Å²) in [4.78, 5) is 8.89. The van der Waals surface area contributed by atoms with E-state index in [1.807, 2.05) is 25.2 Å². The third-order valence-corrected chi connectivity index (χ3v) is 4.56. The van der Waals surface area contributed by atoms with Crippen molar-refractivity contribution in [3.63, 3.8) is 0 Å². The van der Waals surface area contributed by atoms with Gasteiger partial charge in [-0.05, 0) is 39.9 Å². The summed E-state index contributed by atoms with van der Waals surface area (Å²) in [6.45, 7) is 7.10. The average Bonchev–Trinajstić information content (AvgIpc) is 2.64. The first-order valence-corrected chi connectivity index (χ1v) is 9.56. The lowest BCUT2D eigenvalue weighted by atomic mass is 10.1. The second-order valence-electron chi connectivity index (χ2n) is 6.80. The molecule has 1 aliphatic rings. The molecule has 0 bridgehead atoms. The molecular weight excluding hydrogens is 328 g/mol. The predicted octanol–water partition coefficient (Wildman–Crippen LogP) is 2.20. The number of nitrogens with one attached hydrogen (secondary N) is 1. The van der Waals surface area contributed by atoms with Crippen LogP contribution in [0.3, 0.4) is 0 Å². The summed E-state index contributed by atoms with van der Waals surface area (Å²) in [5.41, 5.74) is 1.15. The first-order chi connectivity index (χ1) is 12.6. The molecule has 1 aliphatic heterocycles. The number of aliphatic imine (C=N–C) groups is 1. The van der Waals surface area contributed by atoms with Crippen LogP contribution in [0.4, 0.5) is 0 Å². The maximum atomic E-state index is 5.95. The number of rotatable bonds is 8. The Morgan fingerprint density at radius 1 is 1.27 bits per heavy atom. The van der Waals surface area contributed by atoms with Crippen LogP contribution in [0.1, 0.15) is 25.3 Å². The largest absolute Gasteiger partial charge is 0.492 e. The van der Waals surface area contributed by atoms with Gasteiger partial charge in [-0.3, -0.25) is 4.99 Å². The van der Waals surface area contributed by atoms with Crippen molar-refractivity contribution in [1.82, 2.24) is 15.1 Å². The maximum Gasteiger partial charge on any atom is 0.193 e. The van der Waals surface area contributed by atoms with Crippen molar-refractivity contribution < 1.29 is 9.47 Å². The molecule has 1 aromatic rings. The Morgan fingerprint density at radius 3 is 2.65 bits per heavy atom. The number of likely N-dealkylation sites (tertiary alicyclic amines) is 1. The zero-order valence-corrected chi connectivity index (χ0v) is 16.7. The normalized spacial score (nSPS) is 16.2. The third-order valence-electron chi connectivity index (χ3n) is 4.56. The molecule has 26 heavy (non-hydrogen) atoms. The van der Waals surface area contributed by atoms with E-state index in [1.165, 1.54) is 0 Å². The van der Waals surface area contributed by atoms with E-state index in [4.69, 9.17) is 9.47 Å². The van der Waals surface area contributed by atoms with Crippen LogP contribution in [0.15, 0.2) is 29.3 Å². The van der Waals surface area contributed by atoms with Crippen molar-refractivity contribution in [2.75, 3.05) is 54.0 Å². The Labute approximate surface area is 158 Å². The van der Waals surface area contributed by atoms with Gasteiger partial charge >= 0.3 is 0 Å². The Morgan fingerprint density at radius 2 is 2.00 bits per heavy atom. The summed E-state index contributed by atoms with van der Waals surface area (Å²) in [6.07, 6.45) is 2.50. The fraction of sp³-hybridized carbons (Fsp3) is 0.650. The van der Waals surface area contributed by atoms with Crippen molar-refractivity contribution in [2.45, 2.75) is 32.4 Å². The quantitative estimate of drug-likeness (QED) is 0.568. The molecule has 146 valence electrons. The van der Waals surface area contributed by atoms with Crippen LogP contribution >= 0.6 is 0 Å². The molecule has 1 fully saturated rings. The smallest absolute Gasteiger partial charge is 0.193 e. The fourth-order valence-electron chi connectivity index (χ4n) is 3.11. The molecule has 6 heteroatoms. The number of hydrogen-bond donors (Lipinski definition) is 1. The minimum Gasteiger partial charge on any atom is -0.492 e. The van der Waals surface area contributed by atoms with E-state index in [9.17, 15) is 0 Å². The number of piperidine rings is 1. The minimum atomic E-state index is 0.389. The van der Waals surface area contributed by atoms with Gasteiger partial charge in [-0.25, -0.2) is 0 Å². The van der Waals surface area contributed by atoms with Crippen LogP contribution in [-0.2, 0) is 11.3 Å². The van der Waals surface area contributed by atoms with Gasteiger partial charge in [0.05, 0.1) is 6.10 Å². The highest BCUT2D eigenvalue weighted by Crippen LogP contribution is 2.18. The zero-order chi connectivity index (χ0) is 18.8. The van der Waals surface area contributed by atoms with Crippen molar-refractivity contribution in [3.8, 4) is 5.75 Å². The topological polar surface area (TPSA) is 49.3 Å². The van der Waals surface area contributed by atoms with Crippen molar-refractivity contribution >= 4 is 5.96 Å². The highest BCUT2D eigenvalue weighted by atomic mass is 16.5. The number of hydrogen-bond acceptors (Lipinski definition) is 4. The van der Waals surface area contributed by atoms with Crippen LogP contribution in [0.5, 0.6) is 5.75 Å². The summed E-state index contributed by atoms with van der Waals surface area (Å²) < 4.78 is 11.7. The van der Waals surface area contributed by atoms with E-state index in [-0.39, 0.29) is 0 Å². The van der Waals surface area contributed by atoms with Crippen molar-refractivity contribution in [3.05, 3.63) is 29.8 Å². The highest BCUT2D eigenvalue weighted by molar-refractivity contribution is 5.80. The monoisotopic (exact) mass is 362 g/mol. The summed E-state index contributed by atoms with van der Waals surface area (Å²) >= 11 is 0. The Balaban J connectivity index is 1.87. The first kappa shape index (κ1) is 20.5. The minimum absolute atomic E-state index is 0.389. The second-order valence-corrected chi connectivity index (χ2v) is 6.80. The van der Waals surface area contributed by atoms with E-state index < -0.39 is 0 Å². The molecule has 1 N–H and O–H groups in total. The standard InChI is InChI=1S/C20H34N4O2/c1-5-25-18-10-12-24(13-11-18)20(21-2)22-16-17-8-6-7-9-19(17)26-15-14-23(3)4/h6-9,18H,5,10-16H2,1-4H3,(H,21,22). The second kappa shape index (κ2) is 11.0. The number of benzene rings is 1. The van der Waals surface area contributed by atoms with Gasteiger partial charge < -0.3 is 24.6 Å². The number of para-hydroxylation sites is 1. The van der Waals surface area contributed by atoms with E-state index >= 15 is 0 Å². The predicted molar refractivity (Wildman–Crippen MR) is 107 cm³/mol. The van der Waals surface area contributed by atoms with E-state index in [0.717, 1.165) is 56.4 Å². The number of ether oxygens (including phenoxy) is 2. The molecule has 1 saturated heterocycles. The average molecular weight is 363 g/mol. The molecule has 2 rings (SSSR count). The molecule has 0 aromatic heterocycles. The van der Waals surface area contributed by atoms with Gasteiger partial charge in [0.25, 0.3) is 0 Å². The Bertz CT molecular complexity index is 554. The summed E-state index contributed by atoms with van der Waals surface area (Å²) in [7, 11) is 5.95. The molecule has 0 spiro atoms. The van der Waals surface area contributed by atoms with Gasteiger partial charge in [-0.2, -0.15) is 0 Å². The van der Waals surface area contributed by atoms with Gasteiger partial charge in [-0.1, -0.05) is 18.2 Å². The molecule has 0 aliphatic carbocycles. The van der Waals surface area contributed by atoms with Crippen LogP contribution in [-0.4, -0.2) is 75.9 Å². The van der Waals surface area contributed by atoms with Crippen molar-refractivity contribution in [1.29, 1.82) is 0 Å². The summed E-state index contributed by atoms with van der Waals surface area (Å²) in [6, 6.07) is 8.20. The highest BCUT2D eigenvalue weighted by Gasteiger charge is 2.21. The molecule has 0 radical (unpaired) electrons. The van der Waals surface area contributed by atoms with Gasteiger partial charge in [-0.15, -0.1) is 0 Å². The SMILES string of the molecule is CCOC1CCN(C(=NC)NCc2ccccc2OCCN(C)C)CC1.